The van der Waals surface area contributed by atoms with Gasteiger partial charge in [-0.05, 0) is 56.8 Å². The molecule has 1 amide bonds. The van der Waals surface area contributed by atoms with Crippen LogP contribution in [0.2, 0.25) is 0 Å². The highest BCUT2D eigenvalue weighted by molar-refractivity contribution is 5.79. The molecule has 0 spiro atoms. The lowest BCUT2D eigenvalue weighted by atomic mass is 9.65. The predicted molar refractivity (Wildman–Crippen MR) is 106 cm³/mol. The lowest BCUT2D eigenvalue weighted by Crippen LogP contribution is -2.53. The number of amides is 1. The number of hydrogen-bond acceptors (Lipinski definition) is 5. The molecule has 3 atom stereocenters. The van der Waals surface area contributed by atoms with Crippen LogP contribution in [0.4, 0.5) is 5.82 Å². The summed E-state index contributed by atoms with van der Waals surface area (Å²) in [4.78, 5) is 24.0. The minimum atomic E-state index is 0.154. The Hall–Kier alpha value is -1.69. The second-order valence-electron chi connectivity index (χ2n) is 8.71. The number of aromatic nitrogens is 2. The van der Waals surface area contributed by atoms with Gasteiger partial charge in [-0.25, -0.2) is 9.97 Å². The Labute approximate surface area is 162 Å². The normalized spacial score (nSPS) is 33.6. The van der Waals surface area contributed by atoms with Crippen molar-refractivity contribution in [1.82, 2.24) is 15.3 Å². The van der Waals surface area contributed by atoms with Crippen LogP contribution in [0.1, 0.15) is 57.6 Å². The van der Waals surface area contributed by atoms with Gasteiger partial charge < -0.3 is 16.0 Å². The Bertz CT molecular complexity index is 652. The van der Waals surface area contributed by atoms with Crippen molar-refractivity contribution in [2.45, 2.75) is 70.4 Å². The number of anilines is 1. The molecule has 27 heavy (non-hydrogen) atoms. The molecule has 1 saturated heterocycles. The second-order valence-corrected chi connectivity index (χ2v) is 8.71. The number of carbonyl (C=O) groups excluding carboxylic acids is 1. The first-order chi connectivity index (χ1) is 13.1. The van der Waals surface area contributed by atoms with E-state index in [1.165, 1.54) is 19.3 Å². The van der Waals surface area contributed by atoms with Crippen molar-refractivity contribution in [2.24, 2.45) is 23.5 Å². The molecule has 3 N–H and O–H groups in total. The van der Waals surface area contributed by atoms with Crippen molar-refractivity contribution in [2.75, 3.05) is 18.0 Å². The Morgan fingerprint density at radius 1 is 1.22 bits per heavy atom. The number of fused-ring (bicyclic) bond motifs is 2. The summed E-state index contributed by atoms with van der Waals surface area (Å²) in [6, 6.07) is 2.61. The summed E-state index contributed by atoms with van der Waals surface area (Å²) in [6.45, 7) is 3.94. The summed E-state index contributed by atoms with van der Waals surface area (Å²) in [5.74, 6) is 2.48. The van der Waals surface area contributed by atoms with Gasteiger partial charge in [0.15, 0.2) is 0 Å². The fraction of sp³-hybridized carbons (Fsp3) is 0.762. The number of aryl methyl sites for hydroxylation is 1. The van der Waals surface area contributed by atoms with E-state index < -0.39 is 0 Å². The number of hydrogen-bond donors (Lipinski definition) is 2. The quantitative estimate of drug-likeness (QED) is 0.848. The molecule has 3 fully saturated rings. The number of rotatable bonds is 4. The van der Waals surface area contributed by atoms with E-state index in [0.717, 1.165) is 56.7 Å². The zero-order valence-corrected chi connectivity index (χ0v) is 16.4. The summed E-state index contributed by atoms with van der Waals surface area (Å²) in [7, 11) is 0. The lowest BCUT2D eigenvalue weighted by Gasteiger charge is -2.44. The van der Waals surface area contributed by atoms with Gasteiger partial charge in [0.05, 0.1) is 0 Å². The van der Waals surface area contributed by atoms with E-state index >= 15 is 0 Å². The van der Waals surface area contributed by atoms with Crippen LogP contribution in [0.3, 0.4) is 0 Å². The molecule has 2 aliphatic carbocycles. The Balaban J connectivity index is 1.35. The number of nitrogens with one attached hydrogen (secondary N) is 1. The van der Waals surface area contributed by atoms with Crippen molar-refractivity contribution >= 4 is 11.7 Å². The average molecular weight is 372 g/mol. The number of nitrogens with two attached hydrogens (primary N) is 1. The summed E-state index contributed by atoms with van der Waals surface area (Å²) in [5.41, 5.74) is 7.45. The zero-order chi connectivity index (χ0) is 18.8. The second kappa shape index (κ2) is 8.13. The van der Waals surface area contributed by atoms with E-state index in [2.05, 4.69) is 33.2 Å². The van der Waals surface area contributed by atoms with Crippen LogP contribution in [-0.4, -0.2) is 41.0 Å². The van der Waals surface area contributed by atoms with E-state index in [9.17, 15) is 4.79 Å². The number of piperidine rings is 1. The molecule has 148 valence electrons. The minimum Gasteiger partial charge on any atom is -0.354 e. The van der Waals surface area contributed by atoms with Crippen LogP contribution in [-0.2, 0) is 11.2 Å². The van der Waals surface area contributed by atoms with Crippen molar-refractivity contribution in [3.63, 3.8) is 0 Å². The summed E-state index contributed by atoms with van der Waals surface area (Å²) < 4.78 is 0. The first-order valence-electron chi connectivity index (χ1n) is 10.8. The summed E-state index contributed by atoms with van der Waals surface area (Å²) >= 11 is 0. The van der Waals surface area contributed by atoms with Crippen molar-refractivity contribution in [3.8, 4) is 0 Å². The van der Waals surface area contributed by atoms with E-state index in [1.807, 2.05) is 0 Å². The van der Waals surface area contributed by atoms with Crippen LogP contribution in [0.25, 0.3) is 0 Å². The maximum absolute atomic E-state index is 13.0. The van der Waals surface area contributed by atoms with E-state index in [1.54, 1.807) is 6.33 Å². The number of carbonyl (C=O) groups is 1. The SMILES string of the molecule is CCc1cc(N2CCCC(NC(=O)C3CC4CCCC(C3)C4N)C2)ncn1. The van der Waals surface area contributed by atoms with Gasteiger partial charge in [0.2, 0.25) is 5.91 Å². The molecule has 1 aliphatic heterocycles. The third-order valence-corrected chi connectivity index (χ3v) is 6.95. The highest BCUT2D eigenvalue weighted by Gasteiger charge is 2.41. The smallest absolute Gasteiger partial charge is 0.223 e. The standard InChI is InChI=1S/C21H33N5O/c1-2-17-11-19(24-13-23-17)26-8-4-7-18(12-26)25-21(27)16-9-14-5-3-6-15(10-16)20(14)22/h11,13-16,18,20H,2-10,12,22H2,1H3,(H,25,27). The molecule has 1 aromatic heterocycles. The molecular weight excluding hydrogens is 338 g/mol. The van der Waals surface area contributed by atoms with Gasteiger partial charge in [-0.2, -0.15) is 0 Å². The fourth-order valence-corrected chi connectivity index (χ4v) is 5.38. The van der Waals surface area contributed by atoms with Gasteiger partial charge in [-0.1, -0.05) is 13.3 Å². The molecule has 2 bridgehead atoms. The van der Waals surface area contributed by atoms with Gasteiger partial charge in [0.1, 0.15) is 12.1 Å². The van der Waals surface area contributed by atoms with E-state index in [4.69, 9.17) is 5.73 Å². The van der Waals surface area contributed by atoms with Crippen molar-refractivity contribution < 1.29 is 4.79 Å². The van der Waals surface area contributed by atoms with Crippen molar-refractivity contribution in [3.05, 3.63) is 18.1 Å². The fourth-order valence-electron chi connectivity index (χ4n) is 5.38. The maximum atomic E-state index is 13.0. The van der Waals surface area contributed by atoms with Gasteiger partial charge in [0.25, 0.3) is 0 Å². The molecule has 6 heteroatoms. The molecule has 2 heterocycles. The summed E-state index contributed by atoms with van der Waals surface area (Å²) in [5, 5.41) is 3.36. The highest BCUT2D eigenvalue weighted by Crippen LogP contribution is 2.42. The number of nitrogens with zero attached hydrogens (tertiary/aromatic N) is 3. The largest absolute Gasteiger partial charge is 0.354 e. The van der Waals surface area contributed by atoms with Crippen LogP contribution in [0.15, 0.2) is 12.4 Å². The Morgan fingerprint density at radius 2 is 2.00 bits per heavy atom. The van der Waals surface area contributed by atoms with Crippen LogP contribution >= 0.6 is 0 Å². The highest BCUT2D eigenvalue weighted by atomic mass is 16.2. The molecule has 4 rings (SSSR count). The molecule has 1 aromatic rings. The molecule has 6 nitrogen and oxygen atoms in total. The average Bonchev–Trinajstić information content (AvgIpc) is 2.68. The Morgan fingerprint density at radius 3 is 2.74 bits per heavy atom. The van der Waals surface area contributed by atoms with Crippen LogP contribution in [0.5, 0.6) is 0 Å². The minimum absolute atomic E-state index is 0.154. The molecular formula is C21H33N5O. The van der Waals surface area contributed by atoms with Gasteiger partial charge in [0, 0.05) is 42.9 Å². The first kappa shape index (κ1) is 18.7. The molecule has 3 unspecified atom stereocenters. The summed E-state index contributed by atoms with van der Waals surface area (Å²) in [6.07, 6.45) is 10.3. The van der Waals surface area contributed by atoms with Gasteiger partial charge >= 0.3 is 0 Å². The molecule has 2 saturated carbocycles. The predicted octanol–water partition coefficient (Wildman–Crippen LogP) is 2.28. The zero-order valence-electron chi connectivity index (χ0n) is 16.4. The molecule has 3 aliphatic rings. The van der Waals surface area contributed by atoms with E-state index in [-0.39, 0.29) is 17.9 Å². The van der Waals surface area contributed by atoms with Crippen LogP contribution < -0.4 is 16.0 Å². The van der Waals surface area contributed by atoms with Gasteiger partial charge in [-0.15, -0.1) is 0 Å². The lowest BCUT2D eigenvalue weighted by molar-refractivity contribution is -0.128. The third-order valence-electron chi connectivity index (χ3n) is 6.95. The molecule has 0 radical (unpaired) electrons. The monoisotopic (exact) mass is 371 g/mol. The first-order valence-corrected chi connectivity index (χ1v) is 10.8. The topological polar surface area (TPSA) is 84.1 Å². The third kappa shape index (κ3) is 4.10. The van der Waals surface area contributed by atoms with Crippen molar-refractivity contribution in [1.29, 1.82) is 0 Å². The molecule has 0 aromatic carbocycles. The Kier molecular flexibility index (Phi) is 5.62. The maximum Gasteiger partial charge on any atom is 0.223 e. The van der Waals surface area contributed by atoms with Crippen LogP contribution in [0, 0.1) is 17.8 Å². The van der Waals surface area contributed by atoms with Gasteiger partial charge in [-0.3, -0.25) is 4.79 Å². The van der Waals surface area contributed by atoms with E-state index in [0.29, 0.717) is 17.9 Å².